The van der Waals surface area contributed by atoms with Crippen LogP contribution in [0.2, 0.25) is 0 Å². The van der Waals surface area contributed by atoms with Crippen LogP contribution in [0, 0.1) is 16.7 Å². The largest absolute Gasteiger partial charge is 0.453 e. The van der Waals surface area contributed by atoms with Crippen molar-refractivity contribution in [2.45, 2.75) is 66.7 Å². The van der Waals surface area contributed by atoms with Crippen LogP contribution in [0.1, 0.15) is 65.9 Å². The predicted molar refractivity (Wildman–Crippen MR) is 152 cm³/mol. The number of benzene rings is 2. The Hall–Kier alpha value is -2.89. The number of hydrogen-bond donors (Lipinski definition) is 0. The molecule has 9 nitrogen and oxygen atoms in total. The minimum atomic E-state index is -1.25. The lowest BCUT2D eigenvalue weighted by Crippen LogP contribution is -2.25. The average molecular weight is 556 g/mol. The lowest BCUT2D eigenvalue weighted by molar-refractivity contribution is -0.142. The molecule has 0 spiro atoms. The molecule has 0 radical (unpaired) electrons. The highest BCUT2D eigenvalue weighted by molar-refractivity contribution is 7.44. The molecule has 0 aromatic heterocycles. The Morgan fingerprint density at radius 1 is 1.10 bits per heavy atom. The molecular weight excluding hydrogens is 517 g/mol. The van der Waals surface area contributed by atoms with E-state index in [-0.39, 0.29) is 11.4 Å². The smallest absolute Gasteiger partial charge is 0.316 e. The van der Waals surface area contributed by atoms with Crippen LogP contribution in [0.4, 0.5) is 0 Å². The summed E-state index contributed by atoms with van der Waals surface area (Å²) in [5.41, 5.74) is 1.47. The normalized spacial score (nSPS) is 12.6. The maximum Gasteiger partial charge on any atom is 0.316 e. The first kappa shape index (κ1) is 30.6. The summed E-state index contributed by atoms with van der Waals surface area (Å²) in [5.74, 6) is 0.381. The highest BCUT2D eigenvalue weighted by atomic mass is 31.2. The van der Waals surface area contributed by atoms with Crippen LogP contribution in [0.15, 0.2) is 39.5 Å². The zero-order chi connectivity index (χ0) is 28.4. The van der Waals surface area contributed by atoms with Gasteiger partial charge in [0.1, 0.15) is 17.0 Å². The lowest BCUT2D eigenvalue weighted by atomic mass is 9.97. The molecule has 0 fully saturated rings. The molecule has 1 aromatic carbocycles. The number of aryl methyl sites for hydroxylation is 1. The van der Waals surface area contributed by atoms with Crippen LogP contribution < -0.4 is 10.2 Å². The van der Waals surface area contributed by atoms with Crippen molar-refractivity contribution >= 4 is 25.6 Å². The van der Waals surface area contributed by atoms with E-state index in [4.69, 9.17) is 23.5 Å². The Balaban J connectivity index is 1.69. The summed E-state index contributed by atoms with van der Waals surface area (Å²) in [7, 11) is -1.25. The molecule has 39 heavy (non-hydrogen) atoms. The van der Waals surface area contributed by atoms with E-state index < -0.39 is 13.9 Å². The van der Waals surface area contributed by atoms with Crippen LogP contribution in [0.3, 0.4) is 0 Å². The molecule has 0 amide bonds. The van der Waals surface area contributed by atoms with Gasteiger partial charge < -0.3 is 18.2 Å². The van der Waals surface area contributed by atoms with Crippen LogP contribution in [-0.4, -0.2) is 41.9 Å². The summed E-state index contributed by atoms with van der Waals surface area (Å²) < 4.78 is 25.6. The first-order valence-corrected chi connectivity index (χ1v) is 14.6. The fraction of sp³-hybridized carbons (Fsp3) is 0.517. The SMILES string of the molecule is CCCN(CCC)P(OCCC#N)OCCCc1cc2nc3ccc(OC(=O)C(C)(C)C)cc3oc-2cc1=O. The molecule has 1 atom stereocenters. The second-order valence-corrected chi connectivity index (χ2v) is 11.8. The molecule has 2 aliphatic rings. The number of hydrogen-bond acceptors (Lipinski definition) is 9. The summed E-state index contributed by atoms with van der Waals surface area (Å²) in [6, 6.07) is 10.3. The third-order valence-corrected chi connectivity index (χ3v) is 7.43. The molecule has 3 rings (SSSR count). The Morgan fingerprint density at radius 3 is 2.49 bits per heavy atom. The molecule has 1 aliphatic heterocycles. The van der Waals surface area contributed by atoms with Crippen molar-refractivity contribution in [2.75, 3.05) is 26.3 Å². The number of esters is 1. The van der Waals surface area contributed by atoms with Crippen molar-refractivity contribution in [1.29, 1.82) is 5.26 Å². The van der Waals surface area contributed by atoms with Crippen LogP contribution in [0.25, 0.3) is 22.6 Å². The Morgan fingerprint density at radius 2 is 1.82 bits per heavy atom. The maximum atomic E-state index is 12.8. The first-order valence-electron chi connectivity index (χ1n) is 13.4. The van der Waals surface area contributed by atoms with Gasteiger partial charge in [-0.05, 0) is 64.7 Å². The molecule has 1 unspecified atom stereocenters. The fourth-order valence-corrected chi connectivity index (χ4v) is 5.42. The van der Waals surface area contributed by atoms with Gasteiger partial charge in [-0.3, -0.25) is 9.59 Å². The second-order valence-electron chi connectivity index (χ2n) is 10.3. The molecule has 1 aliphatic carbocycles. The second kappa shape index (κ2) is 14.5. The van der Waals surface area contributed by atoms with E-state index in [1.54, 1.807) is 45.0 Å². The lowest BCUT2D eigenvalue weighted by Gasteiger charge is -2.28. The number of rotatable bonds is 14. The number of nitriles is 1. The van der Waals surface area contributed by atoms with Gasteiger partial charge in [-0.2, -0.15) is 5.26 Å². The van der Waals surface area contributed by atoms with Gasteiger partial charge >= 0.3 is 5.97 Å². The summed E-state index contributed by atoms with van der Waals surface area (Å²) in [4.78, 5) is 29.7. The van der Waals surface area contributed by atoms with E-state index >= 15 is 0 Å². The fourth-order valence-electron chi connectivity index (χ4n) is 3.76. The summed E-state index contributed by atoms with van der Waals surface area (Å²) >= 11 is 0. The first-order chi connectivity index (χ1) is 18.7. The van der Waals surface area contributed by atoms with E-state index in [0.717, 1.165) is 25.9 Å². The Bertz CT molecular complexity index is 1310. The van der Waals surface area contributed by atoms with Crippen molar-refractivity contribution in [3.05, 3.63) is 46.1 Å². The van der Waals surface area contributed by atoms with Crippen LogP contribution in [-0.2, 0) is 20.3 Å². The zero-order valence-electron chi connectivity index (χ0n) is 23.5. The van der Waals surface area contributed by atoms with E-state index in [0.29, 0.717) is 66.3 Å². The van der Waals surface area contributed by atoms with Gasteiger partial charge in [0.2, 0.25) is 0 Å². The van der Waals surface area contributed by atoms with Crippen LogP contribution >= 0.6 is 8.53 Å². The number of ether oxygens (including phenoxy) is 1. The van der Waals surface area contributed by atoms with Gasteiger partial charge in [-0.25, -0.2) is 9.65 Å². The summed E-state index contributed by atoms with van der Waals surface area (Å²) in [6.45, 7) is 12.1. The number of carbonyl (C=O) groups is 1. The molecule has 0 saturated heterocycles. The molecular formula is C29H38N3O6P. The van der Waals surface area contributed by atoms with Crippen molar-refractivity contribution in [3.8, 4) is 23.3 Å². The number of fused-ring (bicyclic) bond motifs is 2. The van der Waals surface area contributed by atoms with Gasteiger partial charge in [0.25, 0.3) is 8.53 Å². The molecule has 210 valence electrons. The minimum absolute atomic E-state index is 0.131. The Labute approximate surface area is 231 Å². The molecule has 1 heterocycles. The van der Waals surface area contributed by atoms with E-state index in [1.165, 1.54) is 6.07 Å². The topological polar surface area (TPSA) is 115 Å². The van der Waals surface area contributed by atoms with E-state index in [2.05, 4.69) is 29.6 Å². The van der Waals surface area contributed by atoms with Gasteiger partial charge in [0, 0.05) is 30.8 Å². The summed E-state index contributed by atoms with van der Waals surface area (Å²) in [5, 5.41) is 8.86. The van der Waals surface area contributed by atoms with E-state index in [9.17, 15) is 9.59 Å². The number of aromatic nitrogens is 1. The Kier molecular flexibility index (Phi) is 11.4. The molecule has 10 heteroatoms. The third-order valence-electron chi connectivity index (χ3n) is 5.76. The van der Waals surface area contributed by atoms with Crippen molar-refractivity contribution in [1.82, 2.24) is 9.65 Å². The zero-order valence-corrected chi connectivity index (χ0v) is 24.4. The van der Waals surface area contributed by atoms with Crippen molar-refractivity contribution in [3.63, 3.8) is 0 Å². The average Bonchev–Trinajstić information content (AvgIpc) is 2.88. The van der Waals surface area contributed by atoms with Gasteiger partial charge in [-0.15, -0.1) is 0 Å². The predicted octanol–water partition coefficient (Wildman–Crippen LogP) is 6.47. The van der Waals surface area contributed by atoms with Gasteiger partial charge in [0.15, 0.2) is 16.8 Å². The number of carbonyl (C=O) groups excluding carboxylic acids is 1. The monoisotopic (exact) mass is 555 g/mol. The molecule has 0 saturated carbocycles. The van der Waals surface area contributed by atoms with Crippen molar-refractivity contribution in [2.24, 2.45) is 5.41 Å². The molecule has 0 N–H and O–H groups in total. The standard InChI is InChI=1S/C29H38N3O6P/c1-6-14-32(15-7-2)39(36-17-9-13-30)35-16-8-10-21-18-24-27(20-25(21)33)38-26-19-22(11-12-23(26)31-24)37-28(34)29(3,4)5/h11-12,18-20H,6-10,14-17H2,1-5H3. The van der Waals surface area contributed by atoms with E-state index in [1.807, 2.05) is 0 Å². The number of nitrogens with zero attached hydrogens (tertiary/aromatic N) is 3. The van der Waals surface area contributed by atoms with Crippen molar-refractivity contribution < 1.29 is 23.0 Å². The molecule has 1 aromatic rings. The highest BCUT2D eigenvalue weighted by Gasteiger charge is 2.24. The third kappa shape index (κ3) is 8.81. The maximum absolute atomic E-state index is 12.8. The van der Waals surface area contributed by atoms with Crippen LogP contribution in [0.5, 0.6) is 5.75 Å². The minimum Gasteiger partial charge on any atom is -0.453 e. The highest BCUT2D eigenvalue weighted by Crippen LogP contribution is 2.43. The summed E-state index contributed by atoms with van der Waals surface area (Å²) in [6.07, 6.45) is 3.45. The van der Waals surface area contributed by atoms with Gasteiger partial charge in [-0.1, -0.05) is 13.8 Å². The molecule has 0 bridgehead atoms. The quantitative estimate of drug-likeness (QED) is 0.0725. The van der Waals surface area contributed by atoms with Gasteiger partial charge in [0.05, 0.1) is 31.1 Å².